The number of rotatable bonds is 7. The van der Waals surface area contributed by atoms with Crippen LogP contribution >= 0.6 is 0 Å². The van der Waals surface area contributed by atoms with E-state index < -0.39 is 23.8 Å². The summed E-state index contributed by atoms with van der Waals surface area (Å²) in [6, 6.07) is 12.1. The summed E-state index contributed by atoms with van der Waals surface area (Å²) < 4.78 is 40.7. The van der Waals surface area contributed by atoms with Crippen LogP contribution in [-0.4, -0.2) is 26.8 Å². The lowest BCUT2D eigenvalue weighted by atomic mass is 9.98. The second-order valence-corrected chi connectivity index (χ2v) is 8.99. The smallest absolute Gasteiger partial charge is 0.280 e. The predicted octanol–water partition coefficient (Wildman–Crippen LogP) is 6.19. The maximum absolute atomic E-state index is 14.8. The first-order valence-electron chi connectivity index (χ1n) is 11.9. The van der Waals surface area contributed by atoms with Gasteiger partial charge >= 0.3 is 0 Å². The fourth-order valence-electron chi connectivity index (χ4n) is 3.97. The molecule has 3 heterocycles. The van der Waals surface area contributed by atoms with Crippen molar-refractivity contribution in [1.82, 2.24) is 15.0 Å². The SMILES string of the molecule is Cc1cc(F)c(NC(=O)c2ccnc(C(F)F)c2)cc1-c1ccnc(-c2ccnc(NC(=O)C3CC3)c2)c1. The molecule has 1 aliphatic rings. The number of hydrogen-bond acceptors (Lipinski definition) is 5. The van der Waals surface area contributed by atoms with Crippen LogP contribution in [0.15, 0.2) is 67.1 Å². The zero-order valence-electron chi connectivity index (χ0n) is 20.2. The van der Waals surface area contributed by atoms with Gasteiger partial charge in [0.1, 0.15) is 17.3 Å². The summed E-state index contributed by atoms with van der Waals surface area (Å²) >= 11 is 0. The zero-order valence-corrected chi connectivity index (χ0v) is 20.2. The Hall–Kier alpha value is -4.60. The maximum atomic E-state index is 14.8. The Morgan fingerprint density at radius 2 is 1.63 bits per heavy atom. The highest BCUT2D eigenvalue weighted by Crippen LogP contribution is 2.33. The molecule has 192 valence electrons. The molecule has 10 heteroatoms. The van der Waals surface area contributed by atoms with Crippen molar-refractivity contribution in [3.8, 4) is 22.4 Å². The van der Waals surface area contributed by atoms with Gasteiger partial charge in [0, 0.05) is 35.6 Å². The van der Waals surface area contributed by atoms with E-state index in [9.17, 15) is 22.8 Å². The Balaban J connectivity index is 1.42. The van der Waals surface area contributed by atoms with Gasteiger partial charge in [-0.05, 0) is 85.0 Å². The molecule has 0 saturated heterocycles. The largest absolute Gasteiger partial charge is 0.319 e. The molecule has 1 fully saturated rings. The van der Waals surface area contributed by atoms with Crippen molar-refractivity contribution in [2.24, 2.45) is 5.92 Å². The number of halogens is 3. The number of aryl methyl sites for hydroxylation is 1. The van der Waals surface area contributed by atoms with Crippen LogP contribution in [-0.2, 0) is 4.79 Å². The van der Waals surface area contributed by atoms with Gasteiger partial charge in [-0.15, -0.1) is 0 Å². The number of benzene rings is 1. The normalized spacial score (nSPS) is 12.9. The molecule has 1 saturated carbocycles. The Bertz CT molecular complexity index is 1540. The van der Waals surface area contributed by atoms with Gasteiger partial charge in [0.2, 0.25) is 5.91 Å². The van der Waals surface area contributed by atoms with E-state index in [1.165, 1.54) is 18.2 Å². The molecule has 0 aliphatic heterocycles. The van der Waals surface area contributed by atoms with Gasteiger partial charge in [-0.25, -0.2) is 18.2 Å². The molecule has 0 bridgehead atoms. The number of carbonyl (C=O) groups excluding carboxylic acids is 2. The summed E-state index contributed by atoms with van der Waals surface area (Å²) in [6.45, 7) is 1.74. The number of alkyl halides is 2. The number of hydrogen-bond donors (Lipinski definition) is 2. The summed E-state index contributed by atoms with van der Waals surface area (Å²) in [5.74, 6) is -0.980. The van der Waals surface area contributed by atoms with E-state index in [1.807, 2.05) is 6.07 Å². The van der Waals surface area contributed by atoms with Crippen molar-refractivity contribution < 1.29 is 22.8 Å². The molecule has 2 amide bonds. The predicted molar refractivity (Wildman–Crippen MR) is 136 cm³/mol. The molecule has 4 aromatic rings. The second kappa shape index (κ2) is 10.4. The lowest BCUT2D eigenvalue weighted by Crippen LogP contribution is -2.14. The van der Waals surface area contributed by atoms with Gasteiger partial charge in [0.05, 0.1) is 11.4 Å². The Morgan fingerprint density at radius 1 is 0.895 bits per heavy atom. The van der Waals surface area contributed by atoms with Crippen molar-refractivity contribution in [1.29, 1.82) is 0 Å². The van der Waals surface area contributed by atoms with Gasteiger partial charge in [0.25, 0.3) is 12.3 Å². The molecule has 7 nitrogen and oxygen atoms in total. The van der Waals surface area contributed by atoms with E-state index in [2.05, 4.69) is 25.6 Å². The summed E-state index contributed by atoms with van der Waals surface area (Å²) in [5, 5.41) is 5.28. The fraction of sp³-hybridized carbons (Fsp3) is 0.179. The highest BCUT2D eigenvalue weighted by atomic mass is 19.3. The summed E-state index contributed by atoms with van der Waals surface area (Å²) in [4.78, 5) is 37.0. The van der Waals surface area contributed by atoms with Crippen molar-refractivity contribution in [2.45, 2.75) is 26.2 Å². The number of anilines is 2. The van der Waals surface area contributed by atoms with E-state index in [0.717, 1.165) is 30.7 Å². The Morgan fingerprint density at radius 3 is 2.39 bits per heavy atom. The Labute approximate surface area is 216 Å². The molecule has 1 aliphatic carbocycles. The molecule has 0 spiro atoms. The van der Waals surface area contributed by atoms with E-state index in [-0.39, 0.29) is 23.1 Å². The zero-order chi connectivity index (χ0) is 26.8. The first-order chi connectivity index (χ1) is 18.3. The van der Waals surface area contributed by atoms with Crippen molar-refractivity contribution >= 4 is 23.3 Å². The third-order valence-corrected chi connectivity index (χ3v) is 6.16. The number of pyridine rings is 3. The minimum atomic E-state index is -2.84. The molecule has 1 aromatic carbocycles. The summed E-state index contributed by atoms with van der Waals surface area (Å²) in [6.07, 6.45) is 3.23. The van der Waals surface area contributed by atoms with Crippen LogP contribution in [0.5, 0.6) is 0 Å². The second-order valence-electron chi connectivity index (χ2n) is 8.99. The molecular formula is C28H22F3N5O2. The highest BCUT2D eigenvalue weighted by molar-refractivity contribution is 6.04. The monoisotopic (exact) mass is 517 g/mol. The van der Waals surface area contributed by atoms with E-state index in [4.69, 9.17) is 0 Å². The van der Waals surface area contributed by atoms with Gasteiger partial charge in [-0.1, -0.05) is 0 Å². The lowest BCUT2D eigenvalue weighted by Gasteiger charge is -2.13. The topological polar surface area (TPSA) is 96.9 Å². The van der Waals surface area contributed by atoms with Crippen LogP contribution < -0.4 is 10.6 Å². The molecule has 38 heavy (non-hydrogen) atoms. The minimum Gasteiger partial charge on any atom is -0.319 e. The van der Waals surface area contributed by atoms with Gasteiger partial charge in [-0.2, -0.15) is 0 Å². The van der Waals surface area contributed by atoms with Crippen LogP contribution in [0.25, 0.3) is 22.4 Å². The molecule has 0 unspecified atom stereocenters. The maximum Gasteiger partial charge on any atom is 0.280 e. The van der Waals surface area contributed by atoms with Crippen molar-refractivity contribution in [3.63, 3.8) is 0 Å². The van der Waals surface area contributed by atoms with E-state index >= 15 is 0 Å². The number of nitrogens with one attached hydrogen (secondary N) is 2. The number of aromatic nitrogens is 3. The van der Waals surface area contributed by atoms with Gasteiger partial charge < -0.3 is 10.6 Å². The van der Waals surface area contributed by atoms with Crippen LogP contribution in [0.4, 0.5) is 24.7 Å². The van der Waals surface area contributed by atoms with Crippen molar-refractivity contribution in [2.75, 3.05) is 10.6 Å². The van der Waals surface area contributed by atoms with Crippen LogP contribution in [0.3, 0.4) is 0 Å². The first-order valence-corrected chi connectivity index (χ1v) is 11.9. The van der Waals surface area contributed by atoms with Crippen LogP contribution in [0.2, 0.25) is 0 Å². The highest BCUT2D eigenvalue weighted by Gasteiger charge is 2.29. The molecule has 2 N–H and O–H groups in total. The van der Waals surface area contributed by atoms with Crippen LogP contribution in [0, 0.1) is 18.7 Å². The van der Waals surface area contributed by atoms with Gasteiger partial charge in [0.15, 0.2) is 0 Å². The summed E-state index contributed by atoms with van der Waals surface area (Å²) in [5.41, 5.74) is 2.61. The van der Waals surface area contributed by atoms with Gasteiger partial charge in [-0.3, -0.25) is 19.6 Å². The number of amides is 2. The lowest BCUT2D eigenvalue weighted by molar-refractivity contribution is -0.117. The average molecular weight is 518 g/mol. The standard InChI is InChI=1S/C28H22F3N5O2/c1-15-10-21(29)23(35-28(38)19-6-8-33-24(12-19)26(30)31)14-20(15)17-4-7-32-22(11-17)18-5-9-34-25(13-18)36-27(37)16-2-3-16/h4-14,16,26H,2-3H2,1H3,(H,35,38)(H,34,36,37). The molecule has 5 rings (SSSR count). The molecule has 3 aromatic heterocycles. The van der Waals surface area contributed by atoms with Crippen molar-refractivity contribution in [3.05, 3.63) is 89.8 Å². The minimum absolute atomic E-state index is 0.0444. The van der Waals surface area contributed by atoms with E-state index in [1.54, 1.807) is 37.5 Å². The third kappa shape index (κ3) is 5.54. The van der Waals surface area contributed by atoms with E-state index in [0.29, 0.717) is 28.2 Å². The summed E-state index contributed by atoms with van der Waals surface area (Å²) in [7, 11) is 0. The number of carbonyl (C=O) groups is 2. The molecular weight excluding hydrogens is 495 g/mol. The first kappa shape index (κ1) is 25.1. The number of nitrogens with zero attached hydrogens (tertiary/aromatic N) is 3. The Kier molecular flexibility index (Phi) is 6.87. The fourth-order valence-corrected chi connectivity index (χ4v) is 3.97. The average Bonchev–Trinajstić information content (AvgIpc) is 3.76. The van der Waals surface area contributed by atoms with Crippen LogP contribution in [0.1, 0.15) is 40.9 Å². The molecule has 0 atom stereocenters. The quantitative estimate of drug-likeness (QED) is 0.305. The third-order valence-electron chi connectivity index (χ3n) is 6.16. The molecule has 0 radical (unpaired) electrons.